The van der Waals surface area contributed by atoms with Crippen LogP contribution in [0.1, 0.15) is 42.5 Å². The van der Waals surface area contributed by atoms with E-state index >= 15 is 0 Å². The van der Waals surface area contributed by atoms with Gasteiger partial charge in [0, 0.05) is 17.5 Å². The number of aromatic nitrogens is 1. The van der Waals surface area contributed by atoms with E-state index in [0.717, 1.165) is 25.7 Å². The van der Waals surface area contributed by atoms with E-state index < -0.39 is 0 Å². The van der Waals surface area contributed by atoms with Gasteiger partial charge in [-0.25, -0.2) is 4.98 Å². The Morgan fingerprint density at radius 1 is 0.964 bits per heavy atom. The summed E-state index contributed by atoms with van der Waals surface area (Å²) in [5.74, 6) is 1.24. The molecule has 2 atom stereocenters. The number of hydrogen-bond donors (Lipinski definition) is 3. The van der Waals surface area contributed by atoms with Crippen molar-refractivity contribution in [1.29, 1.82) is 0 Å². The molecular formula is C22H26N4O2. The minimum atomic E-state index is -0.213. The summed E-state index contributed by atoms with van der Waals surface area (Å²) in [6.07, 6.45) is 6.84. The molecule has 2 unspecified atom stereocenters. The summed E-state index contributed by atoms with van der Waals surface area (Å²) in [6.45, 7) is 0. The minimum absolute atomic E-state index is 0.0209. The van der Waals surface area contributed by atoms with Crippen LogP contribution in [0.4, 0.5) is 11.5 Å². The minimum Gasteiger partial charge on any atom is -0.327 e. The lowest BCUT2D eigenvalue weighted by atomic mass is 9.65. The number of nitrogens with one attached hydrogen (secondary N) is 2. The molecule has 4 rings (SSSR count). The van der Waals surface area contributed by atoms with Crippen molar-refractivity contribution in [2.45, 2.75) is 38.1 Å². The van der Waals surface area contributed by atoms with E-state index in [9.17, 15) is 9.59 Å². The summed E-state index contributed by atoms with van der Waals surface area (Å²) in [6, 6.07) is 12.7. The van der Waals surface area contributed by atoms with Gasteiger partial charge in [-0.15, -0.1) is 0 Å². The number of nitrogens with zero attached hydrogens (tertiary/aromatic N) is 1. The number of pyridine rings is 1. The van der Waals surface area contributed by atoms with Gasteiger partial charge >= 0.3 is 0 Å². The van der Waals surface area contributed by atoms with Gasteiger partial charge in [0.2, 0.25) is 5.91 Å². The molecule has 6 nitrogen and oxygen atoms in total. The van der Waals surface area contributed by atoms with Gasteiger partial charge in [-0.1, -0.05) is 24.6 Å². The third-order valence-corrected chi connectivity index (χ3v) is 6.09. The maximum atomic E-state index is 12.7. The first kappa shape index (κ1) is 18.6. The Hall–Kier alpha value is -2.73. The molecule has 2 bridgehead atoms. The molecule has 2 aliphatic rings. The maximum Gasteiger partial charge on any atom is 0.256 e. The first-order chi connectivity index (χ1) is 13.6. The Kier molecular flexibility index (Phi) is 5.39. The predicted molar refractivity (Wildman–Crippen MR) is 109 cm³/mol. The molecule has 2 saturated carbocycles. The molecule has 6 heteroatoms. The Labute approximate surface area is 164 Å². The average molecular weight is 378 g/mol. The van der Waals surface area contributed by atoms with Gasteiger partial charge in [0.05, 0.1) is 11.9 Å². The molecule has 1 heterocycles. The van der Waals surface area contributed by atoms with Gasteiger partial charge in [0.1, 0.15) is 5.82 Å². The highest BCUT2D eigenvalue weighted by atomic mass is 16.2. The number of anilines is 2. The molecule has 4 N–H and O–H groups in total. The highest BCUT2D eigenvalue weighted by Gasteiger charge is 2.40. The van der Waals surface area contributed by atoms with Crippen LogP contribution in [0.15, 0.2) is 48.7 Å². The first-order valence-corrected chi connectivity index (χ1v) is 9.99. The third kappa shape index (κ3) is 4.07. The molecule has 2 aromatic rings. The predicted octanol–water partition coefficient (Wildman–Crippen LogP) is 3.43. The standard InChI is InChI=1S/C22H26N4O2/c23-20-15-7-4-8-16(20)12-17(11-15)22(28)25-18-9-10-19(24-13-18)26-21(27)14-5-2-1-3-6-14/h1-3,5-6,9-10,13,15-17,20H,4,7-8,11-12,23H2,(H,25,28)(H,24,26,27). The quantitative estimate of drug-likeness (QED) is 0.759. The second-order valence-corrected chi connectivity index (χ2v) is 7.94. The fourth-order valence-corrected chi connectivity index (χ4v) is 4.57. The van der Waals surface area contributed by atoms with Crippen LogP contribution in [0, 0.1) is 17.8 Å². The van der Waals surface area contributed by atoms with Crippen molar-refractivity contribution in [2.75, 3.05) is 10.6 Å². The van der Waals surface area contributed by atoms with E-state index in [1.807, 2.05) is 18.2 Å². The van der Waals surface area contributed by atoms with Crippen molar-refractivity contribution in [3.63, 3.8) is 0 Å². The lowest BCUT2D eigenvalue weighted by molar-refractivity contribution is -0.122. The van der Waals surface area contributed by atoms with Crippen LogP contribution in [0.2, 0.25) is 0 Å². The normalized spacial score (nSPS) is 26.3. The lowest BCUT2D eigenvalue weighted by Gasteiger charge is -2.43. The molecule has 0 saturated heterocycles. The largest absolute Gasteiger partial charge is 0.327 e. The lowest BCUT2D eigenvalue weighted by Crippen LogP contribution is -2.48. The summed E-state index contributed by atoms with van der Waals surface area (Å²) in [5.41, 5.74) is 7.53. The topological polar surface area (TPSA) is 97.1 Å². The molecule has 0 radical (unpaired) electrons. The van der Waals surface area contributed by atoms with Crippen molar-refractivity contribution in [3.8, 4) is 0 Å². The average Bonchev–Trinajstić information content (AvgIpc) is 2.70. The molecule has 0 aliphatic heterocycles. The number of fused-ring (bicyclic) bond motifs is 2. The van der Waals surface area contributed by atoms with Gasteiger partial charge < -0.3 is 16.4 Å². The second kappa shape index (κ2) is 8.10. The number of carbonyl (C=O) groups excluding carboxylic acids is 2. The molecule has 2 amide bonds. The van der Waals surface area contributed by atoms with Crippen molar-refractivity contribution < 1.29 is 9.59 Å². The number of benzene rings is 1. The van der Waals surface area contributed by atoms with Gasteiger partial charge in [0.15, 0.2) is 0 Å². The Morgan fingerprint density at radius 3 is 2.32 bits per heavy atom. The maximum absolute atomic E-state index is 12.7. The van der Waals surface area contributed by atoms with Crippen LogP contribution >= 0.6 is 0 Å². The van der Waals surface area contributed by atoms with Crippen molar-refractivity contribution in [1.82, 2.24) is 4.98 Å². The van der Waals surface area contributed by atoms with Crippen LogP contribution in [0.25, 0.3) is 0 Å². The van der Waals surface area contributed by atoms with Crippen LogP contribution in [-0.4, -0.2) is 22.8 Å². The van der Waals surface area contributed by atoms with Crippen LogP contribution in [0.3, 0.4) is 0 Å². The van der Waals surface area contributed by atoms with Crippen molar-refractivity contribution >= 4 is 23.3 Å². The van der Waals surface area contributed by atoms with E-state index in [1.165, 1.54) is 6.42 Å². The van der Waals surface area contributed by atoms with E-state index in [1.54, 1.807) is 30.5 Å². The third-order valence-electron chi connectivity index (χ3n) is 6.09. The highest BCUT2D eigenvalue weighted by molar-refractivity contribution is 6.03. The van der Waals surface area contributed by atoms with Crippen LogP contribution < -0.4 is 16.4 Å². The first-order valence-electron chi connectivity index (χ1n) is 9.99. The van der Waals surface area contributed by atoms with Crippen LogP contribution in [-0.2, 0) is 4.79 Å². The number of carbonyl (C=O) groups is 2. The molecule has 1 aromatic heterocycles. The van der Waals surface area contributed by atoms with Crippen molar-refractivity contribution in [3.05, 3.63) is 54.2 Å². The smallest absolute Gasteiger partial charge is 0.256 e. The van der Waals surface area contributed by atoms with E-state index in [4.69, 9.17) is 5.73 Å². The van der Waals surface area contributed by atoms with Gasteiger partial charge in [-0.3, -0.25) is 9.59 Å². The van der Waals surface area contributed by atoms with Gasteiger partial charge in [0.25, 0.3) is 5.91 Å². The Bertz CT molecular complexity index is 823. The number of hydrogen-bond acceptors (Lipinski definition) is 4. The molecule has 0 spiro atoms. The molecule has 2 aliphatic carbocycles. The van der Waals surface area contributed by atoms with Crippen LogP contribution in [0.5, 0.6) is 0 Å². The Balaban J connectivity index is 1.34. The summed E-state index contributed by atoms with van der Waals surface area (Å²) in [4.78, 5) is 29.1. The Morgan fingerprint density at radius 2 is 1.68 bits per heavy atom. The molecule has 2 fully saturated rings. The monoisotopic (exact) mass is 378 g/mol. The summed E-state index contributed by atoms with van der Waals surface area (Å²) >= 11 is 0. The zero-order chi connectivity index (χ0) is 19.5. The van der Waals surface area contributed by atoms with E-state index in [-0.39, 0.29) is 23.8 Å². The van der Waals surface area contributed by atoms with Gasteiger partial charge in [-0.2, -0.15) is 0 Å². The van der Waals surface area contributed by atoms with Crippen molar-refractivity contribution in [2.24, 2.45) is 23.5 Å². The van der Waals surface area contributed by atoms with E-state index in [0.29, 0.717) is 28.9 Å². The molecular weight excluding hydrogens is 352 g/mol. The fourth-order valence-electron chi connectivity index (χ4n) is 4.57. The molecule has 28 heavy (non-hydrogen) atoms. The zero-order valence-electron chi connectivity index (χ0n) is 15.8. The molecule has 146 valence electrons. The number of nitrogens with two attached hydrogens (primary N) is 1. The second-order valence-electron chi connectivity index (χ2n) is 7.94. The van der Waals surface area contributed by atoms with E-state index in [2.05, 4.69) is 15.6 Å². The summed E-state index contributed by atoms with van der Waals surface area (Å²) < 4.78 is 0. The molecule has 1 aromatic carbocycles. The van der Waals surface area contributed by atoms with Gasteiger partial charge in [-0.05, 0) is 61.8 Å². The fraction of sp³-hybridized carbons (Fsp3) is 0.409. The zero-order valence-corrected chi connectivity index (χ0v) is 15.8. The number of rotatable bonds is 4. The summed E-state index contributed by atoms with van der Waals surface area (Å²) in [5, 5.41) is 5.73. The highest BCUT2D eigenvalue weighted by Crippen LogP contribution is 2.42. The summed E-state index contributed by atoms with van der Waals surface area (Å²) in [7, 11) is 0. The number of amides is 2. The SMILES string of the molecule is NC1C2CCCC1CC(C(=O)Nc1ccc(NC(=O)c3ccccc3)nc1)C2.